The molecule has 1 aromatic heterocycles. The molecule has 2 aromatic rings. The van der Waals surface area contributed by atoms with Crippen molar-refractivity contribution < 1.29 is 4.39 Å². The van der Waals surface area contributed by atoms with Crippen LogP contribution in [0.15, 0.2) is 54.9 Å². The number of pyridine rings is 1. The topological polar surface area (TPSA) is 28.2 Å². The number of nitrogens with zero attached hydrogens (tertiary/aromatic N) is 2. The van der Waals surface area contributed by atoms with Gasteiger partial charge in [-0.2, -0.15) is 0 Å². The highest BCUT2D eigenvalue weighted by atomic mass is 35.5. The maximum atomic E-state index is 12.9. The monoisotopic (exact) mass is 333 g/mol. The van der Waals surface area contributed by atoms with E-state index in [1.165, 1.54) is 17.7 Å². The molecule has 2 heterocycles. The first-order valence-electron chi connectivity index (χ1n) is 7.60. The van der Waals surface area contributed by atoms with Gasteiger partial charge in [-0.05, 0) is 29.3 Å². The number of hydrogen-bond acceptors (Lipinski definition) is 3. The van der Waals surface area contributed by atoms with Gasteiger partial charge in [0.05, 0.1) is 0 Å². The fourth-order valence-electron chi connectivity index (χ4n) is 2.76. The molecular weight excluding hydrogens is 313 g/mol. The average molecular weight is 334 g/mol. The van der Waals surface area contributed by atoms with Gasteiger partial charge in [-0.1, -0.05) is 30.4 Å². The average Bonchev–Trinajstić information content (AvgIpc) is 2.58. The number of halogens is 2. The van der Waals surface area contributed by atoms with Crippen LogP contribution in [0.25, 0.3) is 6.08 Å². The summed E-state index contributed by atoms with van der Waals surface area (Å²) >= 11 is 0. The van der Waals surface area contributed by atoms with E-state index in [1.54, 1.807) is 18.3 Å². The van der Waals surface area contributed by atoms with E-state index in [4.69, 9.17) is 0 Å². The largest absolute Gasteiger partial charge is 0.314 e. The molecule has 1 atom stereocenters. The SMILES string of the molecule is Cl.Fc1ccc(/C=C/CN2CCNCC2c2cccnc2)cc1. The van der Waals surface area contributed by atoms with Crippen molar-refractivity contribution in [3.05, 3.63) is 71.8 Å². The molecule has 0 saturated carbocycles. The van der Waals surface area contributed by atoms with Crippen LogP contribution in [0.1, 0.15) is 17.2 Å². The maximum absolute atomic E-state index is 12.9. The Morgan fingerprint density at radius 2 is 2.09 bits per heavy atom. The van der Waals surface area contributed by atoms with Crippen LogP contribution >= 0.6 is 12.4 Å². The number of piperazine rings is 1. The van der Waals surface area contributed by atoms with Crippen LogP contribution < -0.4 is 5.32 Å². The second kappa shape index (κ2) is 8.77. The fourth-order valence-corrected chi connectivity index (χ4v) is 2.76. The van der Waals surface area contributed by atoms with Gasteiger partial charge in [-0.15, -0.1) is 12.4 Å². The summed E-state index contributed by atoms with van der Waals surface area (Å²) in [6, 6.07) is 11.0. The number of hydrogen-bond donors (Lipinski definition) is 1. The van der Waals surface area contributed by atoms with E-state index in [2.05, 4.69) is 27.3 Å². The Kier molecular flexibility index (Phi) is 6.71. The van der Waals surface area contributed by atoms with Crippen LogP contribution in [0.3, 0.4) is 0 Å². The number of rotatable bonds is 4. The van der Waals surface area contributed by atoms with Crippen molar-refractivity contribution in [2.45, 2.75) is 6.04 Å². The van der Waals surface area contributed by atoms with Crippen molar-refractivity contribution in [1.29, 1.82) is 0 Å². The van der Waals surface area contributed by atoms with Crippen molar-refractivity contribution in [3.8, 4) is 0 Å². The summed E-state index contributed by atoms with van der Waals surface area (Å²) in [6.45, 7) is 3.82. The van der Waals surface area contributed by atoms with Gasteiger partial charge >= 0.3 is 0 Å². The third-order valence-electron chi connectivity index (χ3n) is 3.94. The third-order valence-corrected chi connectivity index (χ3v) is 3.94. The zero-order valence-corrected chi connectivity index (χ0v) is 13.7. The van der Waals surface area contributed by atoms with Gasteiger partial charge in [0, 0.05) is 44.6 Å². The minimum absolute atomic E-state index is 0. The molecule has 0 bridgehead atoms. The van der Waals surface area contributed by atoms with E-state index in [0.717, 1.165) is 31.7 Å². The maximum Gasteiger partial charge on any atom is 0.123 e. The van der Waals surface area contributed by atoms with Crippen LogP contribution in [-0.4, -0.2) is 36.1 Å². The van der Waals surface area contributed by atoms with Crippen molar-refractivity contribution in [2.24, 2.45) is 0 Å². The molecular formula is C18H21ClFN3. The van der Waals surface area contributed by atoms with E-state index in [0.29, 0.717) is 6.04 Å². The highest BCUT2D eigenvalue weighted by Crippen LogP contribution is 2.21. The van der Waals surface area contributed by atoms with E-state index >= 15 is 0 Å². The molecule has 1 N–H and O–H groups in total. The smallest absolute Gasteiger partial charge is 0.123 e. The summed E-state index contributed by atoms with van der Waals surface area (Å²) in [5.74, 6) is -0.198. The van der Waals surface area contributed by atoms with Gasteiger partial charge < -0.3 is 5.32 Å². The predicted octanol–water partition coefficient (Wildman–Crippen LogP) is 3.30. The third kappa shape index (κ3) is 4.86. The van der Waals surface area contributed by atoms with Gasteiger partial charge in [0.25, 0.3) is 0 Å². The molecule has 122 valence electrons. The van der Waals surface area contributed by atoms with Gasteiger partial charge in [0.1, 0.15) is 5.82 Å². The number of benzene rings is 1. The Morgan fingerprint density at radius 3 is 2.83 bits per heavy atom. The quantitative estimate of drug-likeness (QED) is 0.930. The summed E-state index contributed by atoms with van der Waals surface area (Å²) in [4.78, 5) is 6.66. The van der Waals surface area contributed by atoms with Crippen LogP contribution in [0.4, 0.5) is 4.39 Å². The molecule has 1 saturated heterocycles. The van der Waals surface area contributed by atoms with Crippen LogP contribution in [0, 0.1) is 5.82 Å². The molecule has 3 rings (SSSR count). The van der Waals surface area contributed by atoms with Gasteiger partial charge in [0.15, 0.2) is 0 Å². The first-order valence-corrected chi connectivity index (χ1v) is 7.60. The molecule has 23 heavy (non-hydrogen) atoms. The molecule has 1 aliphatic rings. The Morgan fingerprint density at radius 1 is 1.26 bits per heavy atom. The highest BCUT2D eigenvalue weighted by molar-refractivity contribution is 5.85. The molecule has 0 aliphatic carbocycles. The van der Waals surface area contributed by atoms with Crippen molar-refractivity contribution >= 4 is 18.5 Å². The highest BCUT2D eigenvalue weighted by Gasteiger charge is 2.22. The molecule has 3 nitrogen and oxygen atoms in total. The molecule has 1 unspecified atom stereocenters. The first kappa shape index (κ1) is 17.6. The van der Waals surface area contributed by atoms with E-state index in [-0.39, 0.29) is 18.2 Å². The Hall–Kier alpha value is -1.75. The summed E-state index contributed by atoms with van der Waals surface area (Å²) in [7, 11) is 0. The molecule has 5 heteroatoms. The minimum atomic E-state index is -0.198. The molecule has 0 radical (unpaired) electrons. The normalized spacial score (nSPS) is 18.7. The zero-order valence-electron chi connectivity index (χ0n) is 12.9. The molecule has 0 amide bonds. The number of nitrogens with one attached hydrogen (secondary N) is 1. The summed E-state index contributed by atoms with van der Waals surface area (Å²) in [5.41, 5.74) is 2.26. The Balaban J connectivity index is 0.00000192. The fraction of sp³-hybridized carbons (Fsp3) is 0.278. The van der Waals surface area contributed by atoms with E-state index in [1.807, 2.05) is 18.3 Å². The minimum Gasteiger partial charge on any atom is -0.314 e. The number of aromatic nitrogens is 1. The van der Waals surface area contributed by atoms with Crippen molar-refractivity contribution in [3.63, 3.8) is 0 Å². The molecule has 1 fully saturated rings. The predicted molar refractivity (Wildman–Crippen MR) is 94.1 cm³/mol. The molecule has 1 aromatic carbocycles. The lowest BCUT2D eigenvalue weighted by atomic mass is 10.1. The van der Waals surface area contributed by atoms with Gasteiger partial charge in [-0.3, -0.25) is 9.88 Å². The second-order valence-corrected chi connectivity index (χ2v) is 5.46. The van der Waals surface area contributed by atoms with Crippen molar-refractivity contribution in [1.82, 2.24) is 15.2 Å². The second-order valence-electron chi connectivity index (χ2n) is 5.46. The lowest BCUT2D eigenvalue weighted by molar-refractivity contribution is 0.180. The Bertz CT molecular complexity index is 616. The summed E-state index contributed by atoms with van der Waals surface area (Å²) in [5, 5.41) is 3.44. The summed E-state index contributed by atoms with van der Waals surface area (Å²) in [6.07, 6.45) is 7.93. The lowest BCUT2D eigenvalue weighted by Gasteiger charge is -2.35. The van der Waals surface area contributed by atoms with E-state index < -0.39 is 0 Å². The summed E-state index contributed by atoms with van der Waals surface area (Å²) < 4.78 is 12.9. The van der Waals surface area contributed by atoms with Crippen LogP contribution in [0.5, 0.6) is 0 Å². The van der Waals surface area contributed by atoms with Crippen molar-refractivity contribution in [2.75, 3.05) is 26.2 Å². The van der Waals surface area contributed by atoms with Gasteiger partial charge in [0.2, 0.25) is 0 Å². The van der Waals surface area contributed by atoms with E-state index in [9.17, 15) is 4.39 Å². The van der Waals surface area contributed by atoms with Crippen LogP contribution in [0.2, 0.25) is 0 Å². The molecule has 0 spiro atoms. The zero-order chi connectivity index (χ0) is 15.2. The lowest BCUT2D eigenvalue weighted by Crippen LogP contribution is -2.45. The standard InChI is InChI=1S/C18H20FN3.ClH/c19-17-7-5-15(6-8-17)3-2-11-22-12-10-21-14-18(22)16-4-1-9-20-13-16;/h1-9,13,18,21H,10-12,14H2;1H/b3-2+;. The first-order chi connectivity index (χ1) is 10.8. The van der Waals surface area contributed by atoms with Gasteiger partial charge in [-0.25, -0.2) is 4.39 Å². The molecule has 1 aliphatic heterocycles. The van der Waals surface area contributed by atoms with Crippen LogP contribution in [-0.2, 0) is 0 Å². The Labute approximate surface area is 142 Å².